The van der Waals surface area contributed by atoms with Crippen LogP contribution in [0.5, 0.6) is 11.5 Å². The fourth-order valence-electron chi connectivity index (χ4n) is 3.01. The molecule has 0 unspecified atom stereocenters. The van der Waals surface area contributed by atoms with E-state index in [1.54, 1.807) is 7.11 Å². The van der Waals surface area contributed by atoms with Crippen LogP contribution in [0.4, 0.5) is 0 Å². The minimum atomic E-state index is 0.0707. The molecule has 0 aliphatic heterocycles. The molecule has 0 aliphatic carbocycles. The first-order valence-electron chi connectivity index (χ1n) is 9.94. The predicted octanol–water partition coefficient (Wildman–Crippen LogP) is 2.95. The van der Waals surface area contributed by atoms with Gasteiger partial charge in [0.25, 0.3) is 0 Å². The maximum Gasteiger partial charge on any atom is 0.191 e. The Morgan fingerprint density at radius 2 is 1.96 bits per heavy atom. The van der Waals surface area contributed by atoms with Gasteiger partial charge in [0.15, 0.2) is 17.5 Å². The highest BCUT2D eigenvalue weighted by Gasteiger charge is 2.25. The zero-order valence-electron chi connectivity index (χ0n) is 17.7. The summed E-state index contributed by atoms with van der Waals surface area (Å²) in [6.07, 6.45) is 8.07. The summed E-state index contributed by atoms with van der Waals surface area (Å²) >= 11 is 0. The minimum absolute atomic E-state index is 0.0707. The lowest BCUT2D eigenvalue weighted by Gasteiger charge is -2.32. The van der Waals surface area contributed by atoms with Crippen LogP contribution in [-0.2, 0) is 6.54 Å². The lowest BCUT2D eigenvalue weighted by Crippen LogP contribution is -2.43. The van der Waals surface area contributed by atoms with Gasteiger partial charge in [0, 0.05) is 19.7 Å². The molecule has 0 atom stereocenters. The van der Waals surface area contributed by atoms with Crippen molar-refractivity contribution in [3.05, 3.63) is 23.8 Å². The summed E-state index contributed by atoms with van der Waals surface area (Å²) in [5.74, 6) is 4.48. The molecule has 6 nitrogen and oxygen atoms in total. The number of hydrogen-bond acceptors (Lipinski definition) is 4. The maximum atomic E-state index is 9.41. The third kappa shape index (κ3) is 7.32. The number of benzene rings is 1. The molecule has 1 aromatic rings. The quantitative estimate of drug-likeness (QED) is 0.291. The Labute approximate surface area is 169 Å². The standard InChI is InChI=1S/C22H35N3O3/c1-6-14-28-20-15-18(10-11-19(20)27-5)16-24-21(23-9-4)25-17-22(7-2,8-3)12-13-26/h1,10-11,15,26H,7-9,12-14,16-17H2,2-5H3,(H2,23,24,25). The Morgan fingerprint density at radius 3 is 2.54 bits per heavy atom. The first-order valence-corrected chi connectivity index (χ1v) is 9.94. The fourth-order valence-corrected chi connectivity index (χ4v) is 3.01. The zero-order valence-corrected chi connectivity index (χ0v) is 17.7. The van der Waals surface area contributed by atoms with E-state index in [4.69, 9.17) is 15.9 Å². The first-order chi connectivity index (χ1) is 13.6. The van der Waals surface area contributed by atoms with Crippen molar-refractivity contribution >= 4 is 5.96 Å². The summed E-state index contributed by atoms with van der Waals surface area (Å²) < 4.78 is 10.9. The summed E-state index contributed by atoms with van der Waals surface area (Å²) in [6.45, 7) is 8.80. The first kappa shape index (κ1) is 23.6. The van der Waals surface area contributed by atoms with Gasteiger partial charge in [-0.1, -0.05) is 25.8 Å². The van der Waals surface area contributed by atoms with E-state index in [9.17, 15) is 5.11 Å². The third-order valence-electron chi connectivity index (χ3n) is 5.08. The molecule has 1 aromatic carbocycles. The van der Waals surface area contributed by atoms with Gasteiger partial charge in [-0.15, -0.1) is 6.42 Å². The van der Waals surface area contributed by atoms with E-state index in [-0.39, 0.29) is 18.6 Å². The van der Waals surface area contributed by atoms with Crippen LogP contribution < -0.4 is 20.1 Å². The Bertz CT molecular complexity index is 649. The summed E-state index contributed by atoms with van der Waals surface area (Å²) in [4.78, 5) is 4.69. The molecule has 0 aromatic heterocycles. The lowest BCUT2D eigenvalue weighted by molar-refractivity contribution is 0.169. The molecule has 0 spiro atoms. The Hall–Kier alpha value is -2.39. The number of rotatable bonds is 12. The van der Waals surface area contributed by atoms with Gasteiger partial charge in [-0.25, -0.2) is 4.99 Å². The van der Waals surface area contributed by atoms with Crippen molar-refractivity contribution < 1.29 is 14.6 Å². The van der Waals surface area contributed by atoms with Gasteiger partial charge in [0.05, 0.1) is 13.7 Å². The second-order valence-electron chi connectivity index (χ2n) is 6.71. The molecule has 6 heteroatoms. The van der Waals surface area contributed by atoms with Gasteiger partial charge >= 0.3 is 0 Å². The van der Waals surface area contributed by atoms with Crippen LogP contribution in [0.15, 0.2) is 23.2 Å². The molecule has 0 amide bonds. The molecular weight excluding hydrogens is 354 g/mol. The summed E-state index contributed by atoms with van der Waals surface area (Å²) in [7, 11) is 1.60. The van der Waals surface area contributed by atoms with Crippen molar-refractivity contribution in [2.75, 3.05) is 33.4 Å². The number of nitrogens with one attached hydrogen (secondary N) is 2. The molecule has 0 saturated heterocycles. The molecule has 3 N–H and O–H groups in total. The second-order valence-corrected chi connectivity index (χ2v) is 6.71. The van der Waals surface area contributed by atoms with E-state index < -0.39 is 0 Å². The Balaban J connectivity index is 2.87. The van der Waals surface area contributed by atoms with Crippen LogP contribution in [-0.4, -0.2) is 44.5 Å². The van der Waals surface area contributed by atoms with Gasteiger partial charge in [-0.2, -0.15) is 0 Å². The minimum Gasteiger partial charge on any atom is -0.493 e. The van der Waals surface area contributed by atoms with Crippen LogP contribution in [0.3, 0.4) is 0 Å². The van der Waals surface area contributed by atoms with E-state index >= 15 is 0 Å². The van der Waals surface area contributed by atoms with E-state index in [2.05, 4.69) is 35.4 Å². The highest BCUT2D eigenvalue weighted by molar-refractivity contribution is 5.79. The number of guanidine groups is 1. The molecule has 0 bridgehead atoms. The fraction of sp³-hybridized carbons (Fsp3) is 0.591. The number of nitrogens with zero attached hydrogens (tertiary/aromatic N) is 1. The largest absolute Gasteiger partial charge is 0.493 e. The molecule has 0 heterocycles. The number of terminal acetylenes is 1. The second kappa shape index (κ2) is 12.9. The van der Waals surface area contributed by atoms with E-state index in [0.717, 1.165) is 43.9 Å². The SMILES string of the molecule is C#CCOc1cc(CN=C(NCC)NCC(CC)(CC)CCO)ccc1OC. The van der Waals surface area contributed by atoms with Crippen LogP contribution in [0.25, 0.3) is 0 Å². The zero-order chi connectivity index (χ0) is 20.8. The highest BCUT2D eigenvalue weighted by Crippen LogP contribution is 2.30. The summed E-state index contributed by atoms with van der Waals surface area (Å²) in [6, 6.07) is 5.72. The van der Waals surface area contributed by atoms with Crippen molar-refractivity contribution in [3.63, 3.8) is 0 Å². The van der Waals surface area contributed by atoms with Gasteiger partial charge in [0.1, 0.15) is 6.61 Å². The molecule has 0 fully saturated rings. The number of aliphatic hydroxyl groups excluding tert-OH is 1. The number of hydrogen-bond donors (Lipinski definition) is 3. The molecule has 0 radical (unpaired) electrons. The number of methoxy groups -OCH3 is 1. The average molecular weight is 390 g/mol. The van der Waals surface area contributed by atoms with Crippen LogP contribution in [0.1, 0.15) is 45.6 Å². The van der Waals surface area contributed by atoms with Gasteiger partial charge in [-0.3, -0.25) is 0 Å². The van der Waals surface area contributed by atoms with Gasteiger partial charge in [0.2, 0.25) is 0 Å². The van der Waals surface area contributed by atoms with Crippen molar-refractivity contribution in [2.24, 2.45) is 10.4 Å². The molecule has 0 aliphatic rings. The maximum absolute atomic E-state index is 9.41. The molecule has 28 heavy (non-hydrogen) atoms. The monoisotopic (exact) mass is 389 g/mol. The van der Waals surface area contributed by atoms with E-state index in [0.29, 0.717) is 18.0 Å². The van der Waals surface area contributed by atoms with Crippen molar-refractivity contribution in [1.29, 1.82) is 0 Å². The average Bonchev–Trinajstić information content (AvgIpc) is 2.73. The van der Waals surface area contributed by atoms with Crippen molar-refractivity contribution in [3.8, 4) is 23.8 Å². The van der Waals surface area contributed by atoms with Gasteiger partial charge < -0.3 is 25.2 Å². The third-order valence-corrected chi connectivity index (χ3v) is 5.08. The predicted molar refractivity (Wildman–Crippen MR) is 115 cm³/mol. The summed E-state index contributed by atoms with van der Waals surface area (Å²) in [5, 5.41) is 16.1. The number of aliphatic imine (C=N–C) groups is 1. The van der Waals surface area contributed by atoms with Crippen LogP contribution >= 0.6 is 0 Å². The molecular formula is C22H35N3O3. The van der Waals surface area contributed by atoms with Crippen LogP contribution in [0.2, 0.25) is 0 Å². The Kier molecular flexibility index (Phi) is 10.9. The van der Waals surface area contributed by atoms with Crippen molar-refractivity contribution in [1.82, 2.24) is 10.6 Å². The van der Waals surface area contributed by atoms with Crippen molar-refractivity contribution in [2.45, 2.75) is 46.6 Å². The van der Waals surface area contributed by atoms with Crippen LogP contribution in [0, 0.1) is 17.8 Å². The number of aliphatic hydroxyl groups is 1. The van der Waals surface area contributed by atoms with Gasteiger partial charge in [-0.05, 0) is 49.3 Å². The number of ether oxygens (including phenoxy) is 2. The molecule has 156 valence electrons. The molecule has 1 rings (SSSR count). The summed E-state index contributed by atoms with van der Waals surface area (Å²) in [5.41, 5.74) is 1.07. The topological polar surface area (TPSA) is 75.1 Å². The normalized spacial score (nSPS) is 11.6. The smallest absolute Gasteiger partial charge is 0.191 e. The highest BCUT2D eigenvalue weighted by atomic mass is 16.5. The molecule has 0 saturated carbocycles. The van der Waals surface area contributed by atoms with E-state index in [1.165, 1.54) is 0 Å². The van der Waals surface area contributed by atoms with E-state index in [1.807, 2.05) is 25.1 Å². The lowest BCUT2D eigenvalue weighted by atomic mass is 9.79. The Morgan fingerprint density at radius 1 is 1.21 bits per heavy atom.